The van der Waals surface area contributed by atoms with Crippen LogP contribution in [-0.4, -0.2) is 53.0 Å². The van der Waals surface area contributed by atoms with Crippen molar-refractivity contribution in [2.24, 2.45) is 0 Å². The number of carbonyl (C=O) groups is 2. The van der Waals surface area contributed by atoms with Gasteiger partial charge in [0.05, 0.1) is 34.4 Å². The molecule has 2 amide bonds. The number of carbonyl (C=O) groups excluding carboxylic acids is 2. The number of nitrogens with zero attached hydrogens (tertiary/aromatic N) is 1. The Balaban J connectivity index is 1.54. The molecular formula is C24H24N2O6. The summed E-state index contributed by atoms with van der Waals surface area (Å²) < 4.78 is 20.8. The fourth-order valence-electron chi connectivity index (χ4n) is 3.06. The molecule has 2 aromatic rings. The average molecular weight is 436 g/mol. The molecule has 32 heavy (non-hydrogen) atoms. The monoisotopic (exact) mass is 436 g/mol. The smallest absolute Gasteiger partial charge is 0.414 e. The predicted molar refractivity (Wildman–Crippen MR) is 120 cm³/mol. The topological polar surface area (TPSA) is 86.3 Å². The van der Waals surface area contributed by atoms with Crippen LogP contribution in [0.4, 0.5) is 10.5 Å². The van der Waals surface area contributed by atoms with Crippen molar-refractivity contribution < 1.29 is 28.5 Å². The first-order valence-corrected chi connectivity index (χ1v) is 9.85. The lowest BCUT2D eigenvalue weighted by Crippen LogP contribution is -2.23. The molecule has 0 aromatic heterocycles. The summed E-state index contributed by atoms with van der Waals surface area (Å²) in [4.78, 5) is 25.2. The van der Waals surface area contributed by atoms with Crippen molar-refractivity contribution >= 4 is 23.8 Å². The Morgan fingerprint density at radius 3 is 2.38 bits per heavy atom. The normalized spacial score (nSPS) is 12.7. The van der Waals surface area contributed by atoms with E-state index in [9.17, 15) is 9.59 Å². The molecular weight excluding hydrogens is 412 g/mol. The van der Waals surface area contributed by atoms with Crippen molar-refractivity contribution in [3.8, 4) is 29.1 Å². The summed E-state index contributed by atoms with van der Waals surface area (Å²) in [7, 11) is 4.59. The summed E-state index contributed by atoms with van der Waals surface area (Å²) in [5.41, 5.74) is 2.27. The minimum Gasteiger partial charge on any atom is -0.493 e. The summed E-state index contributed by atoms with van der Waals surface area (Å²) in [6.07, 6.45) is 2.72. The molecule has 3 rings (SSSR count). The Morgan fingerprint density at radius 2 is 1.81 bits per heavy atom. The van der Waals surface area contributed by atoms with E-state index in [2.05, 4.69) is 17.2 Å². The molecule has 1 heterocycles. The molecule has 0 atom stereocenters. The van der Waals surface area contributed by atoms with Gasteiger partial charge in [-0.3, -0.25) is 9.69 Å². The van der Waals surface area contributed by atoms with Gasteiger partial charge in [-0.2, -0.15) is 0 Å². The highest BCUT2D eigenvalue weighted by Gasteiger charge is 2.23. The number of anilines is 1. The van der Waals surface area contributed by atoms with Crippen LogP contribution in [0.3, 0.4) is 0 Å². The van der Waals surface area contributed by atoms with Gasteiger partial charge in [0.25, 0.3) is 0 Å². The lowest BCUT2D eigenvalue weighted by molar-refractivity contribution is -0.116. The summed E-state index contributed by atoms with van der Waals surface area (Å²) in [5, 5.41) is 2.71. The molecule has 0 bridgehead atoms. The van der Waals surface area contributed by atoms with E-state index in [1.807, 2.05) is 24.3 Å². The van der Waals surface area contributed by atoms with Crippen LogP contribution < -0.4 is 24.4 Å². The van der Waals surface area contributed by atoms with Gasteiger partial charge in [-0.1, -0.05) is 11.8 Å². The first-order valence-electron chi connectivity index (χ1n) is 9.85. The second-order valence-electron chi connectivity index (χ2n) is 6.62. The molecule has 1 N–H and O–H groups in total. The number of rotatable bonds is 7. The Bertz CT molecular complexity index is 1040. The number of hydrogen-bond donors (Lipinski definition) is 1. The predicted octanol–water partition coefficient (Wildman–Crippen LogP) is 2.85. The molecule has 1 saturated heterocycles. The average Bonchev–Trinajstić information content (AvgIpc) is 3.25. The van der Waals surface area contributed by atoms with Gasteiger partial charge in [-0.15, -0.1) is 0 Å². The van der Waals surface area contributed by atoms with Crippen LogP contribution in [-0.2, 0) is 9.53 Å². The molecule has 1 aliphatic rings. The lowest BCUT2D eigenvalue weighted by atomic mass is 10.1. The summed E-state index contributed by atoms with van der Waals surface area (Å²) in [6, 6.07) is 10.8. The molecule has 8 nitrogen and oxygen atoms in total. The summed E-state index contributed by atoms with van der Waals surface area (Å²) in [5.74, 6) is 7.09. The van der Waals surface area contributed by atoms with Crippen LogP contribution in [0.5, 0.6) is 17.2 Å². The van der Waals surface area contributed by atoms with E-state index in [0.29, 0.717) is 30.4 Å². The van der Waals surface area contributed by atoms with Gasteiger partial charge in [0.15, 0.2) is 11.5 Å². The fourth-order valence-corrected chi connectivity index (χ4v) is 3.06. The maximum Gasteiger partial charge on any atom is 0.414 e. The second kappa shape index (κ2) is 10.8. The van der Waals surface area contributed by atoms with Crippen LogP contribution >= 0.6 is 0 Å². The van der Waals surface area contributed by atoms with Crippen molar-refractivity contribution in [2.45, 2.75) is 0 Å². The quantitative estimate of drug-likeness (QED) is 0.531. The molecule has 0 saturated carbocycles. The van der Waals surface area contributed by atoms with E-state index in [4.69, 9.17) is 18.9 Å². The Hall–Kier alpha value is -4.12. The number of hydrogen-bond acceptors (Lipinski definition) is 6. The van der Waals surface area contributed by atoms with E-state index in [0.717, 1.165) is 16.8 Å². The molecule has 166 valence electrons. The third kappa shape index (κ3) is 5.52. The summed E-state index contributed by atoms with van der Waals surface area (Å²) >= 11 is 0. The van der Waals surface area contributed by atoms with E-state index in [1.54, 1.807) is 23.1 Å². The zero-order valence-electron chi connectivity index (χ0n) is 18.1. The number of amides is 2. The van der Waals surface area contributed by atoms with Crippen LogP contribution in [0.1, 0.15) is 11.1 Å². The molecule has 0 unspecified atom stereocenters. The minimum absolute atomic E-state index is 0.193. The number of cyclic esters (lactones) is 1. The molecule has 0 spiro atoms. The second-order valence-corrected chi connectivity index (χ2v) is 6.62. The van der Waals surface area contributed by atoms with E-state index < -0.39 is 0 Å². The molecule has 1 aliphatic heterocycles. The van der Waals surface area contributed by atoms with Crippen molar-refractivity contribution in [1.29, 1.82) is 0 Å². The SMILES string of the molecule is COc1cc(/C=C/C(=O)NCC#Cc2ccc(N3CCOC3=O)cc2)cc(OC)c1OC. The minimum atomic E-state index is -0.342. The van der Waals surface area contributed by atoms with Gasteiger partial charge in [0.1, 0.15) is 6.61 Å². The number of ether oxygens (including phenoxy) is 4. The molecule has 0 aliphatic carbocycles. The van der Waals surface area contributed by atoms with E-state index in [1.165, 1.54) is 27.4 Å². The summed E-state index contributed by atoms with van der Waals surface area (Å²) in [6.45, 7) is 1.13. The zero-order valence-corrected chi connectivity index (χ0v) is 18.1. The highest BCUT2D eigenvalue weighted by molar-refractivity contribution is 5.92. The first-order chi connectivity index (χ1) is 15.5. The third-order valence-corrected chi connectivity index (χ3v) is 4.64. The van der Waals surface area contributed by atoms with Crippen LogP contribution in [0, 0.1) is 11.8 Å². The Labute approximate surface area is 186 Å². The molecule has 8 heteroatoms. The maximum absolute atomic E-state index is 12.1. The zero-order chi connectivity index (χ0) is 22.9. The van der Waals surface area contributed by atoms with Gasteiger partial charge < -0.3 is 24.3 Å². The standard InChI is InChI=1S/C24H24N2O6/c1-29-20-15-18(16-21(30-2)23(20)31-3)8-11-22(27)25-12-4-5-17-6-9-19(10-7-17)26-13-14-32-24(26)28/h6-11,15-16H,12-14H2,1-3H3,(H,25,27)/b11-8+. The van der Waals surface area contributed by atoms with Crippen LogP contribution in [0.2, 0.25) is 0 Å². The van der Waals surface area contributed by atoms with E-state index >= 15 is 0 Å². The van der Waals surface area contributed by atoms with Gasteiger partial charge in [0, 0.05) is 17.3 Å². The largest absolute Gasteiger partial charge is 0.493 e. The molecule has 0 radical (unpaired) electrons. The van der Waals surface area contributed by atoms with Crippen molar-refractivity contribution in [3.05, 3.63) is 53.6 Å². The van der Waals surface area contributed by atoms with Crippen molar-refractivity contribution in [2.75, 3.05) is 45.9 Å². The Morgan fingerprint density at radius 1 is 1.12 bits per heavy atom. The highest BCUT2D eigenvalue weighted by atomic mass is 16.6. The molecule has 1 fully saturated rings. The van der Waals surface area contributed by atoms with Crippen molar-refractivity contribution in [1.82, 2.24) is 5.32 Å². The number of nitrogens with one attached hydrogen (secondary N) is 1. The first kappa shape index (κ1) is 22.6. The maximum atomic E-state index is 12.1. The van der Waals surface area contributed by atoms with Crippen molar-refractivity contribution in [3.63, 3.8) is 0 Å². The van der Waals surface area contributed by atoms with Gasteiger partial charge in [-0.05, 0) is 48.0 Å². The number of methoxy groups -OCH3 is 3. The van der Waals surface area contributed by atoms with E-state index in [-0.39, 0.29) is 18.5 Å². The molecule has 2 aromatic carbocycles. The van der Waals surface area contributed by atoms with Gasteiger partial charge in [-0.25, -0.2) is 4.79 Å². The fraction of sp³-hybridized carbons (Fsp3) is 0.250. The van der Waals surface area contributed by atoms with Crippen LogP contribution in [0.25, 0.3) is 6.08 Å². The third-order valence-electron chi connectivity index (χ3n) is 4.64. The lowest BCUT2D eigenvalue weighted by Gasteiger charge is -2.12. The Kier molecular flexibility index (Phi) is 7.60. The van der Waals surface area contributed by atoms with Crippen LogP contribution in [0.15, 0.2) is 42.5 Å². The van der Waals surface area contributed by atoms with Gasteiger partial charge in [0.2, 0.25) is 11.7 Å². The highest BCUT2D eigenvalue weighted by Crippen LogP contribution is 2.38. The number of benzene rings is 2. The van der Waals surface area contributed by atoms with Gasteiger partial charge >= 0.3 is 6.09 Å².